The molecule has 1 aliphatic heterocycles. The van der Waals surface area contributed by atoms with Crippen molar-refractivity contribution in [3.63, 3.8) is 0 Å². The summed E-state index contributed by atoms with van der Waals surface area (Å²) in [5.74, 6) is 0. The second-order valence-corrected chi connectivity index (χ2v) is 3.04. The molecule has 1 aliphatic rings. The number of ether oxygens (including phenoxy) is 1. The second kappa shape index (κ2) is 2.88. The number of aromatic nitrogens is 1. The SMILES string of the molecule is CCn1cc(N)c2c1C(OC)C=N2. The molecule has 2 heterocycles. The highest BCUT2D eigenvalue weighted by atomic mass is 16.5. The number of nitrogens with two attached hydrogens (primary N) is 1. The summed E-state index contributed by atoms with van der Waals surface area (Å²) in [4.78, 5) is 4.22. The Kier molecular flexibility index (Phi) is 1.84. The van der Waals surface area contributed by atoms with E-state index in [4.69, 9.17) is 10.5 Å². The molecule has 1 aromatic rings. The minimum atomic E-state index is -0.0350. The molecular weight excluding hydrogens is 166 g/mol. The van der Waals surface area contributed by atoms with Crippen LogP contribution in [0.4, 0.5) is 11.4 Å². The van der Waals surface area contributed by atoms with Gasteiger partial charge in [-0.25, -0.2) is 0 Å². The van der Waals surface area contributed by atoms with Crippen LogP contribution in [0.2, 0.25) is 0 Å². The molecule has 2 rings (SSSR count). The standard InChI is InChI=1S/C9H13N3O/c1-3-12-5-6(10)8-9(12)7(13-2)4-11-8/h4-5,7H,3,10H2,1-2H3. The Balaban J connectivity index is 2.52. The lowest BCUT2D eigenvalue weighted by atomic mass is 10.3. The number of hydrogen-bond donors (Lipinski definition) is 1. The lowest BCUT2D eigenvalue weighted by molar-refractivity contribution is 0.158. The first-order valence-electron chi connectivity index (χ1n) is 4.33. The fourth-order valence-electron chi connectivity index (χ4n) is 1.67. The van der Waals surface area contributed by atoms with Gasteiger partial charge >= 0.3 is 0 Å². The van der Waals surface area contributed by atoms with Crippen molar-refractivity contribution in [3.8, 4) is 0 Å². The molecule has 0 aromatic carbocycles. The van der Waals surface area contributed by atoms with Crippen LogP contribution < -0.4 is 5.73 Å². The average Bonchev–Trinajstić information content (AvgIpc) is 2.67. The number of nitrogens with zero attached hydrogens (tertiary/aromatic N) is 2. The van der Waals surface area contributed by atoms with Gasteiger partial charge in [-0.3, -0.25) is 4.99 Å². The second-order valence-electron chi connectivity index (χ2n) is 3.04. The minimum absolute atomic E-state index is 0.0350. The van der Waals surface area contributed by atoms with E-state index in [1.807, 2.05) is 6.20 Å². The number of methoxy groups -OCH3 is 1. The lowest BCUT2D eigenvalue weighted by Gasteiger charge is -2.09. The summed E-state index contributed by atoms with van der Waals surface area (Å²) in [6, 6.07) is 0. The topological polar surface area (TPSA) is 52.5 Å². The van der Waals surface area contributed by atoms with E-state index in [1.54, 1.807) is 13.3 Å². The zero-order valence-corrected chi connectivity index (χ0v) is 7.82. The van der Waals surface area contributed by atoms with Gasteiger partial charge in [-0.05, 0) is 6.92 Å². The third-order valence-electron chi connectivity index (χ3n) is 2.32. The van der Waals surface area contributed by atoms with Crippen LogP contribution in [0.3, 0.4) is 0 Å². The van der Waals surface area contributed by atoms with Gasteiger partial charge in [-0.15, -0.1) is 0 Å². The van der Waals surface area contributed by atoms with Crippen LogP contribution >= 0.6 is 0 Å². The number of aryl methyl sites for hydroxylation is 1. The van der Waals surface area contributed by atoms with E-state index in [0.717, 1.165) is 23.6 Å². The molecule has 13 heavy (non-hydrogen) atoms. The summed E-state index contributed by atoms with van der Waals surface area (Å²) in [5, 5.41) is 0. The Bertz CT molecular complexity index is 354. The van der Waals surface area contributed by atoms with E-state index < -0.39 is 0 Å². The molecule has 0 radical (unpaired) electrons. The van der Waals surface area contributed by atoms with Crippen LogP contribution in [-0.2, 0) is 11.3 Å². The van der Waals surface area contributed by atoms with E-state index in [1.165, 1.54) is 0 Å². The Morgan fingerprint density at radius 3 is 3.08 bits per heavy atom. The van der Waals surface area contributed by atoms with Crippen molar-refractivity contribution < 1.29 is 4.74 Å². The van der Waals surface area contributed by atoms with Crippen molar-refractivity contribution >= 4 is 17.6 Å². The molecule has 0 saturated heterocycles. The molecule has 1 aromatic heterocycles. The molecule has 0 amide bonds. The quantitative estimate of drug-likeness (QED) is 0.747. The summed E-state index contributed by atoms with van der Waals surface area (Å²) < 4.78 is 7.34. The fraction of sp³-hybridized carbons (Fsp3) is 0.444. The molecule has 0 bridgehead atoms. The summed E-state index contributed by atoms with van der Waals surface area (Å²) in [6.07, 6.45) is 3.66. The van der Waals surface area contributed by atoms with Gasteiger partial charge in [0.1, 0.15) is 11.8 Å². The van der Waals surface area contributed by atoms with Crippen molar-refractivity contribution in [2.24, 2.45) is 4.99 Å². The van der Waals surface area contributed by atoms with Crippen LogP contribution in [-0.4, -0.2) is 17.9 Å². The van der Waals surface area contributed by atoms with Crippen LogP contribution in [0.15, 0.2) is 11.2 Å². The van der Waals surface area contributed by atoms with Crippen molar-refractivity contribution in [2.75, 3.05) is 12.8 Å². The summed E-state index contributed by atoms with van der Waals surface area (Å²) in [5.41, 5.74) is 8.47. The molecule has 4 heteroatoms. The predicted molar refractivity (Wildman–Crippen MR) is 52.4 cm³/mol. The normalized spacial score (nSPS) is 19.4. The Hall–Kier alpha value is -1.29. The van der Waals surface area contributed by atoms with Gasteiger partial charge in [0, 0.05) is 26.1 Å². The average molecular weight is 179 g/mol. The van der Waals surface area contributed by atoms with Crippen LogP contribution in [0.1, 0.15) is 18.7 Å². The number of hydrogen-bond acceptors (Lipinski definition) is 3. The molecular formula is C9H13N3O. The fourth-order valence-corrected chi connectivity index (χ4v) is 1.67. The van der Waals surface area contributed by atoms with Crippen molar-refractivity contribution in [2.45, 2.75) is 19.6 Å². The summed E-state index contributed by atoms with van der Waals surface area (Å²) in [6.45, 7) is 2.97. The molecule has 0 saturated carbocycles. The van der Waals surface area contributed by atoms with E-state index in [-0.39, 0.29) is 6.10 Å². The maximum Gasteiger partial charge on any atom is 0.134 e. The number of fused-ring (bicyclic) bond motifs is 1. The maximum absolute atomic E-state index is 5.80. The summed E-state index contributed by atoms with van der Waals surface area (Å²) in [7, 11) is 1.68. The third-order valence-corrected chi connectivity index (χ3v) is 2.32. The van der Waals surface area contributed by atoms with Crippen LogP contribution in [0.5, 0.6) is 0 Å². The van der Waals surface area contributed by atoms with Gasteiger partial charge in [-0.2, -0.15) is 0 Å². The Labute approximate surface area is 77.0 Å². The van der Waals surface area contributed by atoms with Gasteiger partial charge < -0.3 is 15.0 Å². The van der Waals surface area contributed by atoms with Crippen molar-refractivity contribution in [3.05, 3.63) is 11.9 Å². The molecule has 70 valence electrons. The van der Waals surface area contributed by atoms with Gasteiger partial charge in [0.05, 0.1) is 11.4 Å². The first-order chi connectivity index (χ1) is 6.27. The highest BCUT2D eigenvalue weighted by molar-refractivity contribution is 5.84. The van der Waals surface area contributed by atoms with Crippen LogP contribution in [0.25, 0.3) is 0 Å². The molecule has 0 aliphatic carbocycles. The monoisotopic (exact) mass is 179 g/mol. The minimum Gasteiger partial charge on any atom is -0.396 e. The van der Waals surface area contributed by atoms with E-state index in [0.29, 0.717) is 0 Å². The highest BCUT2D eigenvalue weighted by Crippen LogP contribution is 2.38. The number of rotatable bonds is 2. The lowest BCUT2D eigenvalue weighted by Crippen LogP contribution is -2.06. The predicted octanol–water partition coefficient (Wildman–Crippen LogP) is 1.49. The first kappa shape index (κ1) is 8.31. The molecule has 1 unspecified atom stereocenters. The molecule has 0 fully saturated rings. The van der Waals surface area contributed by atoms with Gasteiger partial charge in [0.15, 0.2) is 0 Å². The highest BCUT2D eigenvalue weighted by Gasteiger charge is 2.24. The van der Waals surface area contributed by atoms with E-state index in [9.17, 15) is 0 Å². The Morgan fingerprint density at radius 2 is 2.46 bits per heavy atom. The smallest absolute Gasteiger partial charge is 0.134 e. The summed E-state index contributed by atoms with van der Waals surface area (Å²) >= 11 is 0. The van der Waals surface area contributed by atoms with Gasteiger partial charge in [-0.1, -0.05) is 0 Å². The van der Waals surface area contributed by atoms with Crippen molar-refractivity contribution in [1.82, 2.24) is 4.57 Å². The van der Waals surface area contributed by atoms with Crippen molar-refractivity contribution in [1.29, 1.82) is 0 Å². The molecule has 1 atom stereocenters. The molecule has 0 spiro atoms. The zero-order chi connectivity index (χ0) is 9.42. The number of aliphatic imine (C=N–C) groups is 1. The molecule has 2 N–H and O–H groups in total. The van der Waals surface area contributed by atoms with Crippen LogP contribution in [0, 0.1) is 0 Å². The molecule has 4 nitrogen and oxygen atoms in total. The number of anilines is 1. The first-order valence-corrected chi connectivity index (χ1v) is 4.33. The third kappa shape index (κ3) is 1.06. The largest absolute Gasteiger partial charge is 0.396 e. The van der Waals surface area contributed by atoms with Gasteiger partial charge in [0.25, 0.3) is 0 Å². The number of nitrogen functional groups attached to an aromatic ring is 1. The zero-order valence-electron chi connectivity index (χ0n) is 7.82. The maximum atomic E-state index is 5.80. The van der Waals surface area contributed by atoms with E-state index >= 15 is 0 Å². The van der Waals surface area contributed by atoms with Gasteiger partial charge in [0.2, 0.25) is 0 Å². The Morgan fingerprint density at radius 1 is 1.69 bits per heavy atom. The van der Waals surface area contributed by atoms with E-state index in [2.05, 4.69) is 16.5 Å².